The van der Waals surface area contributed by atoms with Crippen molar-refractivity contribution in [2.75, 3.05) is 52.7 Å². The van der Waals surface area contributed by atoms with Crippen LogP contribution in [0.1, 0.15) is 20.8 Å². The summed E-state index contributed by atoms with van der Waals surface area (Å²) >= 11 is 0. The number of carbonyl (C=O) groups is 1. The molecule has 6 nitrogen and oxygen atoms in total. The molecule has 0 saturated carbocycles. The van der Waals surface area contributed by atoms with Gasteiger partial charge in [0.15, 0.2) is 0 Å². The fraction of sp³-hybridized carbons (Fsp3) is 0.923. The summed E-state index contributed by atoms with van der Waals surface area (Å²) in [6, 6.07) is 0. The maximum atomic E-state index is 13.1. The van der Waals surface area contributed by atoms with Gasteiger partial charge >= 0.3 is 0 Å². The van der Waals surface area contributed by atoms with Crippen LogP contribution in [0.15, 0.2) is 0 Å². The van der Waals surface area contributed by atoms with E-state index in [1.165, 1.54) is 6.92 Å². The van der Waals surface area contributed by atoms with Gasteiger partial charge in [0.05, 0.1) is 46.2 Å². The zero-order valence-electron chi connectivity index (χ0n) is 12.8. The van der Waals surface area contributed by atoms with Crippen molar-refractivity contribution in [3.8, 4) is 0 Å². The van der Waals surface area contributed by atoms with Crippen molar-refractivity contribution in [2.24, 2.45) is 5.73 Å². The molecule has 0 aliphatic heterocycles. The summed E-state index contributed by atoms with van der Waals surface area (Å²) in [6.07, 6.45) is -1.19. The largest absolute Gasteiger partial charge is 0.378 e. The average molecular weight is 296 g/mol. The molecule has 0 aromatic carbocycles. The number of halogens is 1. The van der Waals surface area contributed by atoms with E-state index in [4.69, 9.17) is 19.9 Å². The molecule has 20 heavy (non-hydrogen) atoms. The first-order valence-electron chi connectivity index (χ1n) is 6.98. The van der Waals surface area contributed by atoms with E-state index in [1.807, 2.05) is 13.8 Å². The number of ether oxygens (including phenoxy) is 3. The topological polar surface area (TPSA) is 82.8 Å². The van der Waals surface area contributed by atoms with Crippen molar-refractivity contribution in [2.45, 2.75) is 26.9 Å². The van der Waals surface area contributed by atoms with Crippen LogP contribution in [0.25, 0.3) is 0 Å². The van der Waals surface area contributed by atoms with Crippen LogP contribution in [0.5, 0.6) is 0 Å². The quantitative estimate of drug-likeness (QED) is 0.512. The molecule has 0 aliphatic rings. The monoisotopic (exact) mass is 296 g/mol. The summed E-state index contributed by atoms with van der Waals surface area (Å²) < 4.78 is 28.4. The van der Waals surface area contributed by atoms with Crippen LogP contribution in [-0.2, 0) is 19.0 Å². The van der Waals surface area contributed by atoms with E-state index in [1.54, 1.807) is 0 Å². The molecule has 1 amide bonds. The molecular formula is C13H29FN2O4. The van der Waals surface area contributed by atoms with E-state index < -0.39 is 6.17 Å². The first-order chi connectivity index (χ1) is 9.66. The highest BCUT2D eigenvalue weighted by molar-refractivity contribution is 5.72. The number of hydrogen-bond acceptors (Lipinski definition) is 5. The fourth-order valence-electron chi connectivity index (χ4n) is 1.05. The molecule has 0 aliphatic carbocycles. The standard InChI is InChI=1S/C11H23FN2O4.C2H6/c1-10(15)14-8-11(12)9-18-7-6-17-5-4-16-3-2-13;1-2/h11H,2-9,13H2,1H3,(H,14,15);1-2H3. The molecule has 0 saturated heterocycles. The lowest BCUT2D eigenvalue weighted by atomic mass is 10.4. The SMILES string of the molecule is CC.CC(=O)NCC(F)COCCOCCOCCN. The summed E-state index contributed by atoms with van der Waals surface area (Å²) in [7, 11) is 0. The number of amides is 1. The highest BCUT2D eigenvalue weighted by Crippen LogP contribution is 1.91. The van der Waals surface area contributed by atoms with Gasteiger partial charge in [-0.15, -0.1) is 0 Å². The normalized spacial score (nSPS) is 11.4. The third-order valence-corrected chi connectivity index (χ3v) is 1.88. The van der Waals surface area contributed by atoms with Crippen LogP contribution in [-0.4, -0.2) is 64.8 Å². The maximum absolute atomic E-state index is 13.1. The number of hydrogen-bond donors (Lipinski definition) is 2. The minimum absolute atomic E-state index is 0.0247. The van der Waals surface area contributed by atoms with E-state index in [0.717, 1.165) is 0 Å². The van der Waals surface area contributed by atoms with Crippen molar-refractivity contribution in [1.82, 2.24) is 5.32 Å². The number of nitrogens with two attached hydrogens (primary N) is 1. The van der Waals surface area contributed by atoms with Gasteiger partial charge in [-0.3, -0.25) is 4.79 Å². The Bertz CT molecular complexity index is 209. The Morgan fingerprint density at radius 2 is 1.60 bits per heavy atom. The van der Waals surface area contributed by atoms with Gasteiger partial charge in [-0.25, -0.2) is 4.39 Å². The molecule has 122 valence electrons. The predicted molar refractivity (Wildman–Crippen MR) is 76.4 cm³/mol. The number of alkyl halides is 1. The van der Waals surface area contributed by atoms with Crippen molar-refractivity contribution in [3.63, 3.8) is 0 Å². The molecule has 0 spiro atoms. The highest BCUT2D eigenvalue weighted by Gasteiger charge is 2.06. The Kier molecular flexibility index (Phi) is 19.6. The molecular weight excluding hydrogens is 267 g/mol. The van der Waals surface area contributed by atoms with Gasteiger partial charge in [0.25, 0.3) is 0 Å². The van der Waals surface area contributed by atoms with Crippen LogP contribution < -0.4 is 11.1 Å². The number of rotatable bonds is 12. The van der Waals surface area contributed by atoms with Crippen molar-refractivity contribution in [1.29, 1.82) is 0 Å². The third kappa shape index (κ3) is 19.6. The highest BCUT2D eigenvalue weighted by atomic mass is 19.1. The second-order valence-corrected chi connectivity index (χ2v) is 3.62. The molecule has 0 rings (SSSR count). The second-order valence-electron chi connectivity index (χ2n) is 3.62. The lowest BCUT2D eigenvalue weighted by molar-refractivity contribution is -0.119. The third-order valence-electron chi connectivity index (χ3n) is 1.88. The lowest BCUT2D eigenvalue weighted by Crippen LogP contribution is -2.30. The summed E-state index contributed by atoms with van der Waals surface area (Å²) in [5, 5.41) is 2.37. The van der Waals surface area contributed by atoms with Gasteiger partial charge in [-0.1, -0.05) is 13.8 Å². The van der Waals surface area contributed by atoms with E-state index in [0.29, 0.717) is 39.6 Å². The van der Waals surface area contributed by atoms with E-state index in [9.17, 15) is 9.18 Å². The van der Waals surface area contributed by atoms with Gasteiger partial charge in [0.1, 0.15) is 6.17 Å². The van der Waals surface area contributed by atoms with Crippen LogP contribution in [0.3, 0.4) is 0 Å². The van der Waals surface area contributed by atoms with Gasteiger partial charge in [-0.05, 0) is 0 Å². The number of nitrogens with one attached hydrogen (secondary N) is 1. The van der Waals surface area contributed by atoms with Gasteiger partial charge in [0, 0.05) is 13.5 Å². The Morgan fingerprint density at radius 3 is 2.10 bits per heavy atom. The summed E-state index contributed by atoms with van der Waals surface area (Å²) in [5.41, 5.74) is 5.23. The van der Waals surface area contributed by atoms with Gasteiger partial charge < -0.3 is 25.3 Å². The maximum Gasteiger partial charge on any atom is 0.216 e. The van der Waals surface area contributed by atoms with Gasteiger partial charge in [-0.2, -0.15) is 0 Å². The zero-order chi connectivity index (χ0) is 15.6. The van der Waals surface area contributed by atoms with Crippen LogP contribution in [0, 0.1) is 0 Å². The Balaban J connectivity index is 0. The van der Waals surface area contributed by atoms with E-state index in [-0.39, 0.29) is 19.1 Å². The molecule has 0 aromatic heterocycles. The number of carbonyl (C=O) groups excluding carboxylic acids is 1. The smallest absolute Gasteiger partial charge is 0.216 e. The lowest BCUT2D eigenvalue weighted by Gasteiger charge is -2.10. The molecule has 0 radical (unpaired) electrons. The molecule has 0 aromatic rings. The molecule has 3 N–H and O–H groups in total. The molecule has 1 unspecified atom stereocenters. The Labute approximate surface area is 121 Å². The fourth-order valence-corrected chi connectivity index (χ4v) is 1.05. The summed E-state index contributed by atoms with van der Waals surface area (Å²) in [6.45, 7) is 7.95. The van der Waals surface area contributed by atoms with E-state index in [2.05, 4.69) is 5.32 Å². The molecule has 0 heterocycles. The zero-order valence-corrected chi connectivity index (χ0v) is 12.8. The molecule has 7 heteroatoms. The second kappa shape index (κ2) is 18.2. The van der Waals surface area contributed by atoms with Crippen LogP contribution in [0.4, 0.5) is 4.39 Å². The average Bonchev–Trinajstić information content (AvgIpc) is 2.45. The van der Waals surface area contributed by atoms with Crippen molar-refractivity contribution >= 4 is 5.91 Å². The van der Waals surface area contributed by atoms with Crippen molar-refractivity contribution in [3.05, 3.63) is 0 Å². The summed E-state index contributed by atoms with van der Waals surface area (Å²) in [5.74, 6) is -0.251. The van der Waals surface area contributed by atoms with Crippen LogP contribution >= 0.6 is 0 Å². The predicted octanol–water partition coefficient (Wildman–Crippen LogP) is 0.495. The first-order valence-corrected chi connectivity index (χ1v) is 6.98. The van der Waals surface area contributed by atoms with Crippen molar-refractivity contribution < 1.29 is 23.4 Å². The molecule has 0 fully saturated rings. The summed E-state index contributed by atoms with van der Waals surface area (Å²) in [4.78, 5) is 10.5. The Hall–Kier alpha value is -0.760. The minimum atomic E-state index is -1.19. The minimum Gasteiger partial charge on any atom is -0.378 e. The van der Waals surface area contributed by atoms with E-state index >= 15 is 0 Å². The Morgan fingerprint density at radius 1 is 1.10 bits per heavy atom. The molecule has 0 bridgehead atoms. The molecule has 1 atom stereocenters. The van der Waals surface area contributed by atoms with Gasteiger partial charge in [0.2, 0.25) is 5.91 Å². The first kappa shape index (κ1) is 21.5. The van der Waals surface area contributed by atoms with Crippen LogP contribution in [0.2, 0.25) is 0 Å².